The van der Waals surface area contributed by atoms with Crippen LogP contribution in [0.15, 0.2) is 16.7 Å². The molecule has 0 amide bonds. The Bertz CT molecular complexity index is 970. The second-order valence-corrected chi connectivity index (χ2v) is 7.79. The fourth-order valence-electron chi connectivity index (χ4n) is 3.84. The zero-order valence-electron chi connectivity index (χ0n) is 18.8. The lowest BCUT2D eigenvalue weighted by Crippen LogP contribution is -2.62. The first kappa shape index (κ1) is 26.2. The van der Waals surface area contributed by atoms with Crippen LogP contribution in [0.5, 0.6) is 11.5 Å². The lowest BCUT2D eigenvalue weighted by Gasteiger charge is -2.41. The van der Waals surface area contributed by atoms with Gasteiger partial charge in [0.05, 0.1) is 20.0 Å². The zero-order chi connectivity index (χ0) is 25.0. The van der Waals surface area contributed by atoms with E-state index in [1.807, 2.05) is 0 Å². The molecule has 5 unspecified atom stereocenters. The molecule has 1 aromatic heterocycles. The molecule has 6 N–H and O–H groups in total. The third-order valence-corrected chi connectivity index (χ3v) is 5.56. The van der Waals surface area contributed by atoms with E-state index < -0.39 is 43.0 Å². The van der Waals surface area contributed by atoms with Crippen molar-refractivity contribution < 1.29 is 58.8 Å². The van der Waals surface area contributed by atoms with Gasteiger partial charge in [0.1, 0.15) is 24.4 Å². The summed E-state index contributed by atoms with van der Waals surface area (Å²) in [5.74, 6) is -0.340. The fourth-order valence-corrected chi connectivity index (χ4v) is 3.84. The summed E-state index contributed by atoms with van der Waals surface area (Å²) >= 11 is 0. The minimum atomic E-state index is -2.16. The molecule has 12 heteroatoms. The number of aliphatic hydroxyl groups excluding tert-OH is 5. The van der Waals surface area contributed by atoms with Crippen molar-refractivity contribution in [3.8, 4) is 11.5 Å². The maximum Gasteiger partial charge on any atom is 0.306 e. The van der Waals surface area contributed by atoms with Gasteiger partial charge >= 0.3 is 5.97 Å². The molecule has 1 fully saturated rings. The zero-order valence-corrected chi connectivity index (χ0v) is 18.8. The monoisotopic (exact) mass is 486 g/mol. The third-order valence-electron chi connectivity index (χ3n) is 5.56. The molecule has 0 saturated carbocycles. The number of benzene rings is 1. The average molecular weight is 486 g/mol. The van der Waals surface area contributed by atoms with E-state index in [1.54, 1.807) is 13.0 Å². The maximum absolute atomic E-state index is 12.0. The Balaban J connectivity index is 2.04. The summed E-state index contributed by atoms with van der Waals surface area (Å²) in [4.78, 5) is 12.0. The van der Waals surface area contributed by atoms with Gasteiger partial charge in [-0.05, 0) is 31.4 Å². The molecule has 0 radical (unpaired) electrons. The number of hydrogen-bond donors (Lipinski definition) is 6. The van der Waals surface area contributed by atoms with Gasteiger partial charge in [0.15, 0.2) is 17.6 Å². The van der Waals surface area contributed by atoms with Crippen LogP contribution in [-0.2, 0) is 27.1 Å². The minimum Gasteiger partial charge on any atom is -0.490 e. The number of furan rings is 1. The SMILES string of the molecule is CCOC(=O)CCc1cc2c(CCO)coc2c(OC)c1OC1OC(C(O)O)C(O)C(O)C1O. The number of methoxy groups -OCH3 is 1. The smallest absolute Gasteiger partial charge is 0.306 e. The van der Waals surface area contributed by atoms with Gasteiger partial charge in [-0.2, -0.15) is 0 Å². The molecule has 5 atom stereocenters. The topological polar surface area (TPSA) is 189 Å². The molecule has 190 valence electrons. The Kier molecular flexibility index (Phi) is 8.71. The molecule has 2 aromatic rings. The van der Waals surface area contributed by atoms with Crippen LogP contribution in [0.1, 0.15) is 24.5 Å². The minimum absolute atomic E-state index is 0.0144. The third kappa shape index (κ3) is 5.28. The fraction of sp³-hybridized carbons (Fsp3) is 0.591. The Morgan fingerprint density at radius 2 is 1.82 bits per heavy atom. The van der Waals surface area contributed by atoms with Crippen molar-refractivity contribution in [3.63, 3.8) is 0 Å². The van der Waals surface area contributed by atoms with E-state index in [9.17, 15) is 35.4 Å². The van der Waals surface area contributed by atoms with Crippen molar-refractivity contribution in [2.24, 2.45) is 0 Å². The van der Waals surface area contributed by atoms with E-state index in [-0.39, 0.29) is 43.1 Å². The van der Waals surface area contributed by atoms with Gasteiger partial charge < -0.3 is 54.0 Å². The molecular weight excluding hydrogens is 456 g/mol. The molecule has 0 spiro atoms. The van der Waals surface area contributed by atoms with Crippen LogP contribution in [-0.4, -0.2) is 93.9 Å². The highest BCUT2D eigenvalue weighted by atomic mass is 16.7. The van der Waals surface area contributed by atoms with E-state index in [1.165, 1.54) is 13.4 Å². The van der Waals surface area contributed by atoms with Crippen molar-refractivity contribution in [1.29, 1.82) is 0 Å². The molecule has 1 saturated heterocycles. The maximum atomic E-state index is 12.0. The summed E-state index contributed by atoms with van der Waals surface area (Å²) in [6, 6.07) is 1.68. The van der Waals surface area contributed by atoms with E-state index in [4.69, 9.17) is 23.4 Å². The summed E-state index contributed by atoms with van der Waals surface area (Å²) in [6.07, 6.45) is -8.94. The lowest BCUT2D eigenvalue weighted by atomic mass is 9.98. The molecule has 0 aliphatic carbocycles. The van der Waals surface area contributed by atoms with Crippen LogP contribution in [0, 0.1) is 0 Å². The molecule has 2 heterocycles. The van der Waals surface area contributed by atoms with Crippen molar-refractivity contribution in [2.75, 3.05) is 20.3 Å². The Hall–Kier alpha value is -2.45. The number of fused-ring (bicyclic) bond motifs is 1. The summed E-state index contributed by atoms with van der Waals surface area (Å²) in [5, 5.41) is 59.5. The molecule has 1 aromatic carbocycles. The molecule has 34 heavy (non-hydrogen) atoms. The van der Waals surface area contributed by atoms with E-state index in [0.29, 0.717) is 22.9 Å². The lowest BCUT2D eigenvalue weighted by molar-refractivity contribution is -0.310. The Morgan fingerprint density at radius 3 is 2.44 bits per heavy atom. The van der Waals surface area contributed by atoms with Gasteiger partial charge in [0, 0.05) is 24.0 Å². The van der Waals surface area contributed by atoms with Crippen LogP contribution in [0.4, 0.5) is 0 Å². The normalized spacial score (nSPS) is 25.0. The average Bonchev–Trinajstić information content (AvgIpc) is 3.20. The van der Waals surface area contributed by atoms with Crippen molar-refractivity contribution >= 4 is 16.9 Å². The first-order valence-corrected chi connectivity index (χ1v) is 10.8. The number of esters is 1. The van der Waals surface area contributed by atoms with Crippen molar-refractivity contribution in [2.45, 2.75) is 63.2 Å². The summed E-state index contributed by atoms with van der Waals surface area (Å²) in [7, 11) is 1.35. The summed E-state index contributed by atoms with van der Waals surface area (Å²) in [6.45, 7) is 1.77. The highest BCUT2D eigenvalue weighted by Gasteiger charge is 2.48. The van der Waals surface area contributed by atoms with E-state index in [0.717, 1.165) is 0 Å². The van der Waals surface area contributed by atoms with Crippen LogP contribution in [0.3, 0.4) is 0 Å². The second-order valence-electron chi connectivity index (χ2n) is 7.79. The number of aliphatic hydroxyl groups is 6. The second kappa shape index (κ2) is 11.3. The van der Waals surface area contributed by atoms with Crippen LogP contribution >= 0.6 is 0 Å². The van der Waals surface area contributed by atoms with Crippen molar-refractivity contribution in [1.82, 2.24) is 0 Å². The van der Waals surface area contributed by atoms with Gasteiger partial charge in [-0.25, -0.2) is 0 Å². The largest absolute Gasteiger partial charge is 0.490 e. The first-order chi connectivity index (χ1) is 16.2. The first-order valence-electron chi connectivity index (χ1n) is 10.8. The highest BCUT2D eigenvalue weighted by molar-refractivity contribution is 5.90. The molecule has 12 nitrogen and oxygen atoms in total. The number of aryl methyl sites for hydroxylation is 1. The predicted molar refractivity (Wildman–Crippen MR) is 114 cm³/mol. The quantitative estimate of drug-likeness (QED) is 0.177. The standard InChI is InChI=1S/C22H30O12/c1-3-31-13(24)5-4-10-8-12-11(6-7-23)9-32-18(12)20(30-2)17(10)33-22-16(27)14(25)15(26)19(34-22)21(28)29/h8-9,14-16,19,21-23,25-29H,3-7H2,1-2H3. The molecule has 1 aliphatic heterocycles. The van der Waals surface area contributed by atoms with Gasteiger partial charge in [0.2, 0.25) is 12.0 Å². The number of hydrogen-bond acceptors (Lipinski definition) is 12. The Labute approximate surface area is 194 Å². The van der Waals surface area contributed by atoms with Crippen molar-refractivity contribution in [3.05, 3.63) is 23.5 Å². The predicted octanol–water partition coefficient (Wildman–Crippen LogP) is -1.03. The van der Waals surface area contributed by atoms with E-state index in [2.05, 4.69) is 0 Å². The number of carbonyl (C=O) groups excluding carboxylic acids is 1. The number of carbonyl (C=O) groups is 1. The van der Waals surface area contributed by atoms with Crippen LogP contribution in [0.25, 0.3) is 11.0 Å². The van der Waals surface area contributed by atoms with Crippen LogP contribution < -0.4 is 9.47 Å². The van der Waals surface area contributed by atoms with E-state index >= 15 is 0 Å². The summed E-state index contributed by atoms with van der Waals surface area (Å²) in [5.41, 5.74) is 1.40. The molecule has 1 aliphatic rings. The van der Waals surface area contributed by atoms with Gasteiger partial charge in [0.25, 0.3) is 0 Å². The van der Waals surface area contributed by atoms with Crippen LogP contribution in [0.2, 0.25) is 0 Å². The molecule has 0 bridgehead atoms. The Morgan fingerprint density at radius 1 is 1.09 bits per heavy atom. The number of ether oxygens (including phenoxy) is 4. The molecule has 3 rings (SSSR count). The van der Waals surface area contributed by atoms with Gasteiger partial charge in [-0.1, -0.05) is 0 Å². The number of rotatable bonds is 10. The van der Waals surface area contributed by atoms with Gasteiger partial charge in [-0.3, -0.25) is 4.79 Å². The molecular formula is C22H30O12. The summed E-state index contributed by atoms with van der Waals surface area (Å²) < 4.78 is 27.3. The van der Waals surface area contributed by atoms with Gasteiger partial charge in [-0.15, -0.1) is 0 Å². The highest BCUT2D eigenvalue weighted by Crippen LogP contribution is 2.43.